The van der Waals surface area contributed by atoms with Crippen LogP contribution in [-0.4, -0.2) is 9.55 Å². The van der Waals surface area contributed by atoms with E-state index in [0.29, 0.717) is 17.0 Å². The summed E-state index contributed by atoms with van der Waals surface area (Å²) in [5, 5.41) is 0.345. The molecule has 2 atom stereocenters. The van der Waals surface area contributed by atoms with Gasteiger partial charge in [-0.3, -0.25) is 4.57 Å². The molecule has 0 radical (unpaired) electrons. The summed E-state index contributed by atoms with van der Waals surface area (Å²) in [6, 6.07) is 1.87. The number of halogens is 1. The van der Waals surface area contributed by atoms with E-state index in [0.717, 1.165) is 12.2 Å². The van der Waals surface area contributed by atoms with Gasteiger partial charge in [-0.25, -0.2) is 4.79 Å². The minimum absolute atomic E-state index is 0.174. The van der Waals surface area contributed by atoms with E-state index >= 15 is 0 Å². The summed E-state index contributed by atoms with van der Waals surface area (Å²) < 4.78 is 1.81. The van der Waals surface area contributed by atoms with Gasteiger partial charge in [-0.1, -0.05) is 24.4 Å². The second-order valence-corrected chi connectivity index (χ2v) is 4.94. The maximum Gasteiger partial charge on any atom is 0.349 e. The zero-order valence-electron chi connectivity index (χ0n) is 8.45. The van der Waals surface area contributed by atoms with E-state index in [-0.39, 0.29) is 5.69 Å². The van der Waals surface area contributed by atoms with Crippen molar-refractivity contribution in [3.8, 4) is 0 Å². The predicted molar refractivity (Wildman–Crippen MR) is 58.2 cm³/mol. The first kappa shape index (κ1) is 9.40. The van der Waals surface area contributed by atoms with Gasteiger partial charge in [-0.15, -0.1) is 0 Å². The smallest absolute Gasteiger partial charge is 0.296 e. The molecular formula is C11H13ClN2O. The molecule has 3 rings (SSSR count). The maximum absolute atomic E-state index is 11.6. The number of hydrogen-bond donors (Lipinski definition) is 0. The third-order valence-corrected chi connectivity index (χ3v) is 3.91. The molecule has 0 N–H and O–H groups in total. The van der Waals surface area contributed by atoms with Crippen molar-refractivity contribution in [1.82, 2.24) is 9.55 Å². The number of fused-ring (bicyclic) bond motifs is 3. The highest BCUT2D eigenvalue weighted by Crippen LogP contribution is 2.42. The summed E-state index contributed by atoms with van der Waals surface area (Å²) in [7, 11) is 0. The second kappa shape index (κ2) is 3.34. The van der Waals surface area contributed by atoms with Gasteiger partial charge in [-0.2, -0.15) is 4.98 Å². The molecule has 1 aromatic heterocycles. The summed E-state index contributed by atoms with van der Waals surface area (Å²) in [5.74, 6) is 1.19. The molecule has 1 aromatic rings. The van der Waals surface area contributed by atoms with Gasteiger partial charge in [0.2, 0.25) is 0 Å². The average Bonchev–Trinajstić information content (AvgIpc) is 2.57. The molecule has 1 saturated carbocycles. The Bertz CT molecular complexity index is 454. The Balaban J connectivity index is 2.12. The molecule has 1 unspecified atom stereocenters. The minimum Gasteiger partial charge on any atom is -0.296 e. The first-order valence-electron chi connectivity index (χ1n) is 5.53. The highest BCUT2D eigenvalue weighted by Gasteiger charge is 2.35. The molecule has 2 heterocycles. The molecule has 0 saturated heterocycles. The predicted octanol–water partition coefficient (Wildman–Crippen LogP) is 2.18. The lowest BCUT2D eigenvalue weighted by molar-refractivity contribution is 0.321. The first-order chi connectivity index (χ1) is 7.25. The lowest BCUT2D eigenvalue weighted by atomic mass is 9.80. The SMILES string of the molecule is O=c1nc(Cl)cc2n1C[C@H]1CCCCC21. The van der Waals surface area contributed by atoms with Crippen LogP contribution in [0, 0.1) is 5.92 Å². The Kier molecular flexibility index (Phi) is 2.09. The second-order valence-electron chi connectivity index (χ2n) is 4.55. The van der Waals surface area contributed by atoms with Crippen molar-refractivity contribution < 1.29 is 0 Å². The Labute approximate surface area is 93.1 Å². The molecule has 3 nitrogen and oxygen atoms in total. The molecule has 0 aromatic carbocycles. The monoisotopic (exact) mass is 224 g/mol. The van der Waals surface area contributed by atoms with E-state index in [4.69, 9.17) is 11.6 Å². The van der Waals surface area contributed by atoms with E-state index in [1.54, 1.807) is 0 Å². The summed E-state index contributed by atoms with van der Waals surface area (Å²) in [4.78, 5) is 15.4. The Hall–Kier alpha value is -0.830. The van der Waals surface area contributed by atoms with Gasteiger partial charge < -0.3 is 0 Å². The van der Waals surface area contributed by atoms with Crippen molar-refractivity contribution in [2.24, 2.45) is 5.92 Å². The number of nitrogens with zero attached hydrogens (tertiary/aromatic N) is 2. The van der Waals surface area contributed by atoms with Gasteiger partial charge in [0.25, 0.3) is 0 Å². The molecule has 1 aliphatic heterocycles. The molecule has 1 aliphatic carbocycles. The molecule has 0 amide bonds. The van der Waals surface area contributed by atoms with Crippen molar-refractivity contribution in [3.05, 3.63) is 27.4 Å². The van der Waals surface area contributed by atoms with Gasteiger partial charge in [0, 0.05) is 18.2 Å². The Morgan fingerprint density at radius 1 is 1.40 bits per heavy atom. The van der Waals surface area contributed by atoms with Gasteiger partial charge in [0.1, 0.15) is 5.15 Å². The third-order valence-electron chi connectivity index (χ3n) is 3.72. The van der Waals surface area contributed by atoms with Crippen LogP contribution in [-0.2, 0) is 6.54 Å². The zero-order chi connectivity index (χ0) is 10.4. The number of aromatic nitrogens is 2. The van der Waals surface area contributed by atoms with Gasteiger partial charge in [0.15, 0.2) is 0 Å². The van der Waals surface area contributed by atoms with Crippen LogP contribution in [0.5, 0.6) is 0 Å². The van der Waals surface area contributed by atoms with Crippen LogP contribution < -0.4 is 5.69 Å². The van der Waals surface area contributed by atoms with E-state index in [2.05, 4.69) is 4.98 Å². The fourth-order valence-corrected chi connectivity index (χ4v) is 3.22. The molecule has 15 heavy (non-hydrogen) atoms. The van der Waals surface area contributed by atoms with E-state index < -0.39 is 0 Å². The first-order valence-corrected chi connectivity index (χ1v) is 5.91. The van der Waals surface area contributed by atoms with Crippen LogP contribution in [0.15, 0.2) is 10.9 Å². The largest absolute Gasteiger partial charge is 0.349 e. The highest BCUT2D eigenvalue weighted by atomic mass is 35.5. The van der Waals surface area contributed by atoms with Gasteiger partial charge >= 0.3 is 5.69 Å². The van der Waals surface area contributed by atoms with Crippen LogP contribution in [0.2, 0.25) is 5.15 Å². The Morgan fingerprint density at radius 2 is 2.20 bits per heavy atom. The van der Waals surface area contributed by atoms with E-state index in [9.17, 15) is 4.79 Å². The molecule has 2 aliphatic rings. The summed E-state index contributed by atoms with van der Waals surface area (Å²) >= 11 is 5.84. The summed E-state index contributed by atoms with van der Waals surface area (Å²) in [6.07, 6.45) is 5.01. The minimum atomic E-state index is -0.174. The van der Waals surface area contributed by atoms with Crippen LogP contribution >= 0.6 is 11.6 Å². The number of hydrogen-bond acceptors (Lipinski definition) is 2. The fourth-order valence-electron chi connectivity index (χ4n) is 3.04. The van der Waals surface area contributed by atoms with Gasteiger partial charge in [-0.05, 0) is 24.8 Å². The van der Waals surface area contributed by atoms with E-state index in [1.165, 1.54) is 25.7 Å². The van der Waals surface area contributed by atoms with E-state index in [1.807, 2.05) is 10.6 Å². The summed E-state index contributed by atoms with van der Waals surface area (Å²) in [6.45, 7) is 0.850. The maximum atomic E-state index is 11.6. The zero-order valence-corrected chi connectivity index (χ0v) is 9.20. The number of rotatable bonds is 0. The lowest BCUT2D eigenvalue weighted by Gasteiger charge is -2.23. The summed E-state index contributed by atoms with van der Waals surface area (Å²) in [5.41, 5.74) is 0.941. The topological polar surface area (TPSA) is 34.9 Å². The molecular weight excluding hydrogens is 212 g/mol. The van der Waals surface area contributed by atoms with Gasteiger partial charge in [0.05, 0.1) is 0 Å². The van der Waals surface area contributed by atoms with Crippen LogP contribution in [0.3, 0.4) is 0 Å². The molecule has 1 fully saturated rings. The molecule has 0 spiro atoms. The third kappa shape index (κ3) is 1.41. The van der Waals surface area contributed by atoms with Crippen molar-refractivity contribution >= 4 is 11.6 Å². The van der Waals surface area contributed by atoms with Crippen molar-refractivity contribution in [2.45, 2.75) is 38.1 Å². The van der Waals surface area contributed by atoms with Crippen molar-refractivity contribution in [3.63, 3.8) is 0 Å². The average molecular weight is 225 g/mol. The van der Waals surface area contributed by atoms with Crippen molar-refractivity contribution in [1.29, 1.82) is 0 Å². The van der Waals surface area contributed by atoms with Crippen LogP contribution in [0.1, 0.15) is 37.3 Å². The van der Waals surface area contributed by atoms with Crippen LogP contribution in [0.25, 0.3) is 0 Å². The normalized spacial score (nSPS) is 28.6. The molecule has 4 heteroatoms. The molecule has 80 valence electrons. The van der Waals surface area contributed by atoms with Crippen LogP contribution in [0.4, 0.5) is 0 Å². The standard InChI is InChI=1S/C11H13ClN2O/c12-10-5-9-8-4-2-1-3-7(8)6-14(9)11(15)13-10/h5,7-8H,1-4,6H2/t7-,8?/m1/s1. The quantitative estimate of drug-likeness (QED) is 0.634. The highest BCUT2D eigenvalue weighted by molar-refractivity contribution is 6.29. The van der Waals surface area contributed by atoms with Crippen molar-refractivity contribution in [2.75, 3.05) is 0 Å². The Morgan fingerprint density at radius 3 is 3.07 bits per heavy atom. The fraction of sp³-hybridized carbons (Fsp3) is 0.636. The lowest BCUT2D eigenvalue weighted by Crippen LogP contribution is -2.22. The molecule has 0 bridgehead atoms.